The van der Waals surface area contributed by atoms with Gasteiger partial charge in [-0.2, -0.15) is 0 Å². The van der Waals surface area contributed by atoms with Crippen LogP contribution in [0.5, 0.6) is 0 Å². The third-order valence-corrected chi connectivity index (χ3v) is 4.36. The van der Waals surface area contributed by atoms with Crippen LogP contribution in [0.25, 0.3) is 0 Å². The van der Waals surface area contributed by atoms with Crippen LogP contribution in [0.1, 0.15) is 0 Å². The molecule has 1 aliphatic heterocycles. The molecule has 0 aromatic heterocycles. The molecule has 2 rings (SSSR count). The first-order chi connectivity index (χ1) is 7.18. The van der Waals surface area contributed by atoms with Gasteiger partial charge in [-0.05, 0) is 28.1 Å². The normalized spacial score (nSPS) is 16.9. The van der Waals surface area contributed by atoms with Gasteiger partial charge in [0.1, 0.15) is 0 Å². The molecular formula is C10H11BrCl2N2. The van der Waals surface area contributed by atoms with Gasteiger partial charge in [0, 0.05) is 31.9 Å². The average Bonchev–Trinajstić information content (AvgIpc) is 2.26. The summed E-state index contributed by atoms with van der Waals surface area (Å²) >= 11 is 15.5. The number of hydrogen-bond donors (Lipinski definition) is 1. The van der Waals surface area contributed by atoms with Crippen LogP contribution in [0, 0.1) is 0 Å². The van der Waals surface area contributed by atoms with Gasteiger partial charge < -0.3 is 10.2 Å². The lowest BCUT2D eigenvalue weighted by molar-refractivity contribution is 0.589. The van der Waals surface area contributed by atoms with Crippen molar-refractivity contribution in [2.75, 3.05) is 31.1 Å². The summed E-state index contributed by atoms with van der Waals surface area (Å²) in [5.74, 6) is 0. The predicted octanol–water partition coefficient (Wildman–Crippen LogP) is 3.17. The third kappa shape index (κ3) is 2.59. The molecule has 0 spiro atoms. The van der Waals surface area contributed by atoms with Crippen molar-refractivity contribution in [3.63, 3.8) is 0 Å². The molecule has 1 N–H and O–H groups in total. The van der Waals surface area contributed by atoms with Crippen molar-refractivity contribution in [3.8, 4) is 0 Å². The van der Waals surface area contributed by atoms with Crippen LogP contribution in [0.15, 0.2) is 16.6 Å². The smallest absolute Gasteiger partial charge is 0.0583 e. The van der Waals surface area contributed by atoms with E-state index in [4.69, 9.17) is 23.2 Å². The summed E-state index contributed by atoms with van der Waals surface area (Å²) in [5, 5.41) is 4.63. The van der Waals surface area contributed by atoms with E-state index in [1.165, 1.54) is 0 Å². The van der Waals surface area contributed by atoms with Crippen LogP contribution in [-0.2, 0) is 0 Å². The van der Waals surface area contributed by atoms with Gasteiger partial charge >= 0.3 is 0 Å². The van der Waals surface area contributed by atoms with E-state index in [0.29, 0.717) is 10.0 Å². The number of piperazine rings is 1. The maximum atomic E-state index is 6.06. The molecule has 0 unspecified atom stereocenters. The minimum atomic E-state index is 0.663. The molecule has 15 heavy (non-hydrogen) atoms. The highest BCUT2D eigenvalue weighted by Crippen LogP contribution is 2.34. The number of nitrogens with zero attached hydrogens (tertiary/aromatic N) is 1. The van der Waals surface area contributed by atoms with Crippen molar-refractivity contribution in [3.05, 3.63) is 26.7 Å². The summed E-state index contributed by atoms with van der Waals surface area (Å²) in [6.07, 6.45) is 0. The van der Waals surface area contributed by atoms with E-state index >= 15 is 0 Å². The molecule has 1 aliphatic rings. The number of benzene rings is 1. The topological polar surface area (TPSA) is 15.3 Å². The maximum absolute atomic E-state index is 6.06. The number of anilines is 1. The van der Waals surface area contributed by atoms with Crippen LogP contribution < -0.4 is 10.2 Å². The van der Waals surface area contributed by atoms with Crippen LogP contribution in [-0.4, -0.2) is 26.2 Å². The molecule has 0 radical (unpaired) electrons. The fraction of sp³-hybridized carbons (Fsp3) is 0.400. The van der Waals surface area contributed by atoms with Gasteiger partial charge in [-0.15, -0.1) is 0 Å². The van der Waals surface area contributed by atoms with Crippen LogP contribution >= 0.6 is 39.1 Å². The molecule has 5 heteroatoms. The second-order valence-corrected chi connectivity index (χ2v) is 5.07. The van der Waals surface area contributed by atoms with Crippen LogP contribution in [0.3, 0.4) is 0 Å². The first-order valence-electron chi connectivity index (χ1n) is 4.78. The Morgan fingerprint density at radius 1 is 1.13 bits per heavy atom. The molecule has 1 aromatic rings. The van der Waals surface area contributed by atoms with Gasteiger partial charge in [-0.3, -0.25) is 0 Å². The molecule has 0 aliphatic carbocycles. The summed E-state index contributed by atoms with van der Waals surface area (Å²) < 4.78 is 0.768. The Morgan fingerprint density at radius 3 is 2.20 bits per heavy atom. The van der Waals surface area contributed by atoms with E-state index in [9.17, 15) is 0 Å². The molecule has 82 valence electrons. The van der Waals surface area contributed by atoms with Gasteiger partial charge in [-0.25, -0.2) is 0 Å². The standard InChI is InChI=1S/C10H11BrCl2N2/c11-10-8(12)5-7(6-9(10)13)15-3-1-14-2-4-15/h5-6,14H,1-4H2. The zero-order valence-electron chi connectivity index (χ0n) is 8.06. The highest BCUT2D eigenvalue weighted by molar-refractivity contribution is 9.10. The van der Waals surface area contributed by atoms with Gasteiger partial charge in [0.25, 0.3) is 0 Å². The quantitative estimate of drug-likeness (QED) is 0.802. The lowest BCUT2D eigenvalue weighted by Gasteiger charge is -2.29. The summed E-state index contributed by atoms with van der Waals surface area (Å²) in [4.78, 5) is 2.28. The summed E-state index contributed by atoms with van der Waals surface area (Å²) in [7, 11) is 0. The minimum absolute atomic E-state index is 0.663. The molecule has 0 saturated carbocycles. The SMILES string of the molecule is Clc1cc(N2CCNCC2)cc(Cl)c1Br. The Kier molecular flexibility index (Phi) is 3.78. The van der Waals surface area contributed by atoms with Gasteiger partial charge in [-0.1, -0.05) is 23.2 Å². The Balaban J connectivity index is 2.27. The Labute approximate surface area is 108 Å². The summed E-state index contributed by atoms with van der Waals surface area (Å²) in [6.45, 7) is 4.00. The third-order valence-electron chi connectivity index (χ3n) is 2.45. The number of hydrogen-bond acceptors (Lipinski definition) is 2. The molecule has 0 atom stereocenters. The highest BCUT2D eigenvalue weighted by atomic mass is 79.9. The van der Waals surface area contributed by atoms with Crippen molar-refractivity contribution in [1.29, 1.82) is 0 Å². The van der Waals surface area contributed by atoms with Crippen LogP contribution in [0.2, 0.25) is 10.0 Å². The van der Waals surface area contributed by atoms with Crippen molar-refractivity contribution in [2.45, 2.75) is 0 Å². The van der Waals surface area contributed by atoms with Gasteiger partial charge in [0.05, 0.1) is 14.5 Å². The lowest BCUT2D eigenvalue weighted by Crippen LogP contribution is -2.43. The van der Waals surface area contributed by atoms with E-state index in [1.54, 1.807) is 0 Å². The van der Waals surface area contributed by atoms with Crippen molar-refractivity contribution >= 4 is 44.8 Å². The molecule has 2 nitrogen and oxygen atoms in total. The zero-order valence-corrected chi connectivity index (χ0v) is 11.2. The van der Waals surface area contributed by atoms with Gasteiger partial charge in [0.2, 0.25) is 0 Å². The fourth-order valence-electron chi connectivity index (χ4n) is 1.65. The average molecular weight is 310 g/mol. The number of rotatable bonds is 1. The molecule has 1 fully saturated rings. The van der Waals surface area contributed by atoms with Crippen molar-refractivity contribution in [2.24, 2.45) is 0 Å². The largest absolute Gasteiger partial charge is 0.369 e. The molecular weight excluding hydrogens is 299 g/mol. The van der Waals surface area contributed by atoms with Crippen molar-refractivity contribution < 1.29 is 0 Å². The summed E-state index contributed by atoms with van der Waals surface area (Å²) in [5.41, 5.74) is 1.09. The Bertz CT molecular complexity index is 341. The molecule has 1 aromatic carbocycles. The lowest BCUT2D eigenvalue weighted by atomic mass is 10.2. The Hall–Kier alpha value is 0.0400. The van der Waals surface area contributed by atoms with E-state index in [0.717, 1.165) is 36.3 Å². The molecule has 1 saturated heterocycles. The zero-order chi connectivity index (χ0) is 10.8. The van der Waals surface area contributed by atoms with E-state index < -0.39 is 0 Å². The Morgan fingerprint density at radius 2 is 1.67 bits per heavy atom. The highest BCUT2D eigenvalue weighted by Gasteiger charge is 2.13. The van der Waals surface area contributed by atoms with Gasteiger partial charge in [0.15, 0.2) is 0 Å². The first kappa shape index (κ1) is 11.5. The second-order valence-electron chi connectivity index (χ2n) is 3.46. The molecule has 0 bridgehead atoms. The fourth-order valence-corrected chi connectivity index (χ4v) is 2.35. The number of nitrogens with one attached hydrogen (secondary N) is 1. The maximum Gasteiger partial charge on any atom is 0.0583 e. The first-order valence-corrected chi connectivity index (χ1v) is 6.33. The summed E-state index contributed by atoms with van der Waals surface area (Å²) in [6, 6.07) is 3.89. The second kappa shape index (κ2) is 4.91. The van der Waals surface area contributed by atoms with E-state index in [-0.39, 0.29) is 0 Å². The van der Waals surface area contributed by atoms with Crippen LogP contribution in [0.4, 0.5) is 5.69 Å². The predicted molar refractivity (Wildman–Crippen MR) is 69.2 cm³/mol. The van der Waals surface area contributed by atoms with Crippen molar-refractivity contribution in [1.82, 2.24) is 5.32 Å². The van der Waals surface area contributed by atoms with E-state index in [1.807, 2.05) is 12.1 Å². The monoisotopic (exact) mass is 308 g/mol. The molecule has 1 heterocycles. The van der Waals surface area contributed by atoms with E-state index in [2.05, 4.69) is 26.1 Å². The minimum Gasteiger partial charge on any atom is -0.369 e. The molecule has 0 amide bonds. The number of halogens is 3.